The first kappa shape index (κ1) is 27.9. The number of nitrogens with one attached hydrogen (secondary N) is 2. The summed E-state index contributed by atoms with van der Waals surface area (Å²) >= 11 is 0. The number of benzene rings is 2. The van der Waals surface area contributed by atoms with Crippen molar-refractivity contribution in [1.82, 2.24) is 10.6 Å². The second-order valence-electron chi connectivity index (χ2n) is 8.26. The average molecular weight is 501 g/mol. The largest absolute Gasteiger partial charge is 0.508 e. The molecule has 0 saturated heterocycles. The van der Waals surface area contributed by atoms with Crippen molar-refractivity contribution in [1.29, 1.82) is 0 Å². The van der Waals surface area contributed by atoms with Gasteiger partial charge in [-0.25, -0.2) is 4.79 Å². The number of carboxylic acid groups (broad SMARTS) is 1. The van der Waals surface area contributed by atoms with E-state index in [1.807, 2.05) is 0 Å². The van der Waals surface area contributed by atoms with Crippen LogP contribution < -0.4 is 27.8 Å². The van der Waals surface area contributed by atoms with Gasteiger partial charge in [-0.05, 0) is 54.7 Å². The van der Waals surface area contributed by atoms with Gasteiger partial charge in [-0.2, -0.15) is 0 Å². The zero-order chi connectivity index (χ0) is 26.7. The Hall–Kier alpha value is -4.32. The number of carboxylic acids is 1. The summed E-state index contributed by atoms with van der Waals surface area (Å²) in [7, 11) is 0. The van der Waals surface area contributed by atoms with Crippen molar-refractivity contribution >= 4 is 23.7 Å². The Balaban J connectivity index is 2.09. The smallest absolute Gasteiger partial charge is 0.326 e. The van der Waals surface area contributed by atoms with E-state index in [2.05, 4.69) is 15.6 Å². The Labute approximate surface area is 208 Å². The molecule has 0 saturated carbocycles. The Bertz CT molecular complexity index is 1050. The summed E-state index contributed by atoms with van der Waals surface area (Å²) in [4.78, 5) is 41.4. The van der Waals surface area contributed by atoms with Crippen LogP contribution in [0, 0.1) is 0 Å². The van der Waals surface area contributed by atoms with E-state index >= 15 is 0 Å². The first-order valence-electron chi connectivity index (χ1n) is 11.3. The molecule has 0 aromatic heterocycles. The van der Waals surface area contributed by atoms with E-state index in [0.29, 0.717) is 17.5 Å². The summed E-state index contributed by atoms with van der Waals surface area (Å²) in [5.74, 6) is -2.57. The third kappa shape index (κ3) is 9.50. The SMILES string of the molecule is NC(N)=NCCC[C@H](NC(=O)[C@@H](N)Cc1ccc(O)cc1)C(=O)N[C@@H](Cc1ccc(O)cc1)C(=O)O. The van der Waals surface area contributed by atoms with Crippen LogP contribution in [0.25, 0.3) is 0 Å². The van der Waals surface area contributed by atoms with Gasteiger partial charge in [0.2, 0.25) is 11.8 Å². The summed E-state index contributed by atoms with van der Waals surface area (Å²) in [5.41, 5.74) is 18.0. The van der Waals surface area contributed by atoms with Gasteiger partial charge in [0.05, 0.1) is 6.04 Å². The molecule has 12 nitrogen and oxygen atoms in total. The van der Waals surface area contributed by atoms with E-state index in [-0.39, 0.29) is 43.3 Å². The molecular weight excluding hydrogens is 468 g/mol. The number of phenolic OH excluding ortho intramolecular Hbond substituents is 2. The maximum absolute atomic E-state index is 13.0. The number of carbonyl (C=O) groups excluding carboxylic acids is 2. The van der Waals surface area contributed by atoms with E-state index in [9.17, 15) is 29.7 Å². The highest BCUT2D eigenvalue weighted by atomic mass is 16.4. The standard InChI is InChI=1S/C24H32N6O6/c25-18(12-14-3-7-16(31)8-4-14)21(33)29-19(2-1-11-28-24(26)27)22(34)30-20(23(35)36)13-15-5-9-17(32)10-6-15/h3-10,18-20,31-32H,1-2,11-13,25H2,(H,29,33)(H,30,34)(H,35,36)(H4,26,27,28)/t18-,19-,20-/m0/s1. The number of nitrogens with two attached hydrogens (primary N) is 3. The maximum atomic E-state index is 13.0. The fourth-order valence-corrected chi connectivity index (χ4v) is 3.37. The van der Waals surface area contributed by atoms with Crippen molar-refractivity contribution in [2.45, 2.75) is 43.8 Å². The lowest BCUT2D eigenvalue weighted by Gasteiger charge is -2.23. The number of rotatable bonds is 13. The molecule has 11 N–H and O–H groups in total. The van der Waals surface area contributed by atoms with Crippen LogP contribution in [0.4, 0.5) is 0 Å². The third-order valence-corrected chi connectivity index (χ3v) is 5.30. The molecule has 0 heterocycles. The van der Waals surface area contributed by atoms with Crippen LogP contribution in [0.3, 0.4) is 0 Å². The first-order valence-corrected chi connectivity index (χ1v) is 11.3. The molecule has 194 valence electrons. The number of amides is 2. The van der Waals surface area contributed by atoms with Crippen LogP contribution in [-0.2, 0) is 27.2 Å². The zero-order valence-corrected chi connectivity index (χ0v) is 19.6. The number of aromatic hydroxyl groups is 2. The molecule has 0 unspecified atom stereocenters. The molecule has 2 rings (SSSR count). The van der Waals surface area contributed by atoms with Gasteiger partial charge >= 0.3 is 5.97 Å². The van der Waals surface area contributed by atoms with Gasteiger partial charge in [0, 0.05) is 13.0 Å². The normalized spacial score (nSPS) is 13.1. The third-order valence-electron chi connectivity index (χ3n) is 5.30. The molecule has 36 heavy (non-hydrogen) atoms. The molecule has 0 aliphatic heterocycles. The lowest BCUT2D eigenvalue weighted by Crippen LogP contribution is -2.55. The summed E-state index contributed by atoms with van der Waals surface area (Å²) in [6, 6.07) is 8.78. The van der Waals surface area contributed by atoms with E-state index < -0.39 is 35.9 Å². The Morgan fingerprint density at radius 1 is 0.806 bits per heavy atom. The lowest BCUT2D eigenvalue weighted by molar-refractivity contribution is -0.142. The number of carbonyl (C=O) groups is 3. The van der Waals surface area contributed by atoms with Crippen molar-refractivity contribution in [3.8, 4) is 11.5 Å². The van der Waals surface area contributed by atoms with Crippen LogP contribution in [0.15, 0.2) is 53.5 Å². The Morgan fingerprint density at radius 2 is 1.31 bits per heavy atom. The van der Waals surface area contributed by atoms with Crippen molar-refractivity contribution in [3.05, 3.63) is 59.7 Å². The van der Waals surface area contributed by atoms with Gasteiger partial charge in [0.1, 0.15) is 23.6 Å². The molecule has 0 fully saturated rings. The van der Waals surface area contributed by atoms with Crippen LogP contribution in [0.2, 0.25) is 0 Å². The molecular formula is C24H32N6O6. The quantitative estimate of drug-likeness (QED) is 0.0988. The van der Waals surface area contributed by atoms with Crippen LogP contribution in [-0.4, -0.2) is 63.7 Å². The predicted molar refractivity (Wildman–Crippen MR) is 133 cm³/mol. The predicted octanol–water partition coefficient (Wildman–Crippen LogP) is -0.682. The number of aliphatic imine (C=N–C) groups is 1. The summed E-state index contributed by atoms with van der Waals surface area (Å²) < 4.78 is 0. The summed E-state index contributed by atoms with van der Waals surface area (Å²) in [6.07, 6.45) is 0.592. The van der Waals surface area contributed by atoms with Gasteiger partial charge < -0.3 is 43.2 Å². The molecule has 12 heteroatoms. The van der Waals surface area contributed by atoms with Crippen molar-refractivity contribution < 1.29 is 29.7 Å². The van der Waals surface area contributed by atoms with Crippen molar-refractivity contribution in [2.24, 2.45) is 22.2 Å². The van der Waals surface area contributed by atoms with Gasteiger partial charge in [-0.15, -0.1) is 0 Å². The second kappa shape index (κ2) is 13.5. The minimum absolute atomic E-state index is 0.0295. The van der Waals surface area contributed by atoms with Gasteiger partial charge in [-0.3, -0.25) is 14.6 Å². The highest BCUT2D eigenvalue weighted by Crippen LogP contribution is 2.13. The molecule has 0 aliphatic carbocycles. The van der Waals surface area contributed by atoms with Crippen molar-refractivity contribution in [3.63, 3.8) is 0 Å². The van der Waals surface area contributed by atoms with Gasteiger partial charge in [-0.1, -0.05) is 24.3 Å². The van der Waals surface area contributed by atoms with Gasteiger partial charge in [0.15, 0.2) is 5.96 Å². The van der Waals surface area contributed by atoms with Crippen LogP contribution >= 0.6 is 0 Å². The van der Waals surface area contributed by atoms with E-state index in [1.54, 1.807) is 24.3 Å². The fraction of sp³-hybridized carbons (Fsp3) is 0.333. The number of aliphatic carboxylic acids is 1. The van der Waals surface area contributed by atoms with Gasteiger partial charge in [0.25, 0.3) is 0 Å². The minimum Gasteiger partial charge on any atom is -0.508 e. The number of hydrogen-bond donors (Lipinski definition) is 8. The number of guanidine groups is 1. The number of nitrogens with zero attached hydrogens (tertiary/aromatic N) is 1. The fourth-order valence-electron chi connectivity index (χ4n) is 3.37. The van der Waals surface area contributed by atoms with Crippen LogP contribution in [0.5, 0.6) is 11.5 Å². The average Bonchev–Trinajstić information content (AvgIpc) is 2.82. The molecule has 3 atom stereocenters. The van der Waals surface area contributed by atoms with E-state index in [4.69, 9.17) is 17.2 Å². The lowest BCUT2D eigenvalue weighted by atomic mass is 10.0. The first-order chi connectivity index (χ1) is 17.0. The van der Waals surface area contributed by atoms with Crippen LogP contribution in [0.1, 0.15) is 24.0 Å². The zero-order valence-electron chi connectivity index (χ0n) is 19.6. The summed E-state index contributed by atoms with van der Waals surface area (Å²) in [5, 5.41) is 33.5. The minimum atomic E-state index is -1.27. The molecule has 0 spiro atoms. The second-order valence-corrected chi connectivity index (χ2v) is 8.26. The Morgan fingerprint density at radius 3 is 1.81 bits per heavy atom. The summed E-state index contributed by atoms with van der Waals surface area (Å²) in [6.45, 7) is 0.206. The van der Waals surface area contributed by atoms with Crippen molar-refractivity contribution in [2.75, 3.05) is 6.54 Å². The monoisotopic (exact) mass is 500 g/mol. The highest BCUT2D eigenvalue weighted by Gasteiger charge is 2.28. The van der Waals surface area contributed by atoms with E-state index in [0.717, 1.165) is 0 Å². The molecule has 2 aromatic carbocycles. The number of phenols is 2. The molecule has 0 bridgehead atoms. The molecule has 0 aliphatic rings. The highest BCUT2D eigenvalue weighted by molar-refractivity contribution is 5.92. The molecule has 0 radical (unpaired) electrons. The number of hydrogen-bond acceptors (Lipinski definition) is 7. The maximum Gasteiger partial charge on any atom is 0.326 e. The molecule has 2 aromatic rings. The van der Waals surface area contributed by atoms with E-state index in [1.165, 1.54) is 24.3 Å². The topological polar surface area (TPSA) is 226 Å². The molecule has 2 amide bonds. The Kier molecular flexibility index (Phi) is 10.5.